The SMILES string of the molecule is CCN1CCN(CC(=O)O)CCN(CC(=O)O)CC(Cc2ccc(C(=O)NC(Cc3ccccc3)C(=O)NCC(=O)NC(CCCCN3C(=O)C=CC3=O)C(=O)O)cc2)N(CC(=O)O)CC1. The Bertz CT molecular complexity index is 2030. The van der Waals surface area contributed by atoms with Gasteiger partial charge in [0.15, 0.2) is 0 Å². The highest BCUT2D eigenvalue weighted by molar-refractivity contribution is 6.12. The van der Waals surface area contributed by atoms with Gasteiger partial charge in [0.1, 0.15) is 12.1 Å². The molecule has 0 radical (unpaired) electrons. The summed E-state index contributed by atoms with van der Waals surface area (Å²) in [5, 5.41) is 46.5. The number of benzene rings is 2. The highest BCUT2D eigenvalue weighted by Gasteiger charge is 2.29. The predicted molar refractivity (Wildman–Crippen MR) is 237 cm³/mol. The molecule has 2 aromatic carbocycles. The molecular weight excluding hydrogens is 861 g/mol. The zero-order valence-corrected chi connectivity index (χ0v) is 37.0. The van der Waals surface area contributed by atoms with Crippen molar-refractivity contribution in [1.29, 1.82) is 0 Å². The molecule has 7 N–H and O–H groups in total. The van der Waals surface area contributed by atoms with E-state index in [1.807, 2.05) is 6.92 Å². The maximum absolute atomic E-state index is 13.7. The highest BCUT2D eigenvalue weighted by atomic mass is 16.4. The number of hydrogen-bond donors (Lipinski definition) is 7. The summed E-state index contributed by atoms with van der Waals surface area (Å²) >= 11 is 0. The lowest BCUT2D eigenvalue weighted by Crippen LogP contribution is -2.53. The molecule has 2 aromatic rings. The summed E-state index contributed by atoms with van der Waals surface area (Å²) in [6.07, 6.45) is 3.22. The summed E-state index contributed by atoms with van der Waals surface area (Å²) < 4.78 is 0. The first-order valence-corrected chi connectivity index (χ1v) is 21.8. The second kappa shape index (κ2) is 26.4. The van der Waals surface area contributed by atoms with Crippen LogP contribution in [0.25, 0.3) is 0 Å². The van der Waals surface area contributed by atoms with E-state index in [0.29, 0.717) is 50.3 Å². The minimum atomic E-state index is -1.31. The van der Waals surface area contributed by atoms with Crippen LogP contribution in [0, 0.1) is 0 Å². The summed E-state index contributed by atoms with van der Waals surface area (Å²) in [7, 11) is 0. The molecule has 0 spiro atoms. The lowest BCUT2D eigenvalue weighted by atomic mass is 10.0. The molecule has 0 saturated carbocycles. The molecule has 2 heterocycles. The molecule has 21 heteroatoms. The fourth-order valence-corrected chi connectivity index (χ4v) is 7.75. The topological polar surface area (TPSA) is 287 Å². The van der Waals surface area contributed by atoms with E-state index < -0.39 is 78.1 Å². The van der Waals surface area contributed by atoms with Crippen LogP contribution >= 0.6 is 0 Å². The van der Waals surface area contributed by atoms with Crippen molar-refractivity contribution >= 4 is 53.4 Å². The van der Waals surface area contributed by atoms with Crippen molar-refractivity contribution in [2.75, 3.05) is 85.1 Å². The third-order valence-corrected chi connectivity index (χ3v) is 11.3. The van der Waals surface area contributed by atoms with Crippen LogP contribution < -0.4 is 16.0 Å². The number of unbranched alkanes of at least 4 members (excludes halogenated alkanes) is 1. The molecule has 5 amide bonds. The van der Waals surface area contributed by atoms with Crippen LogP contribution in [0.5, 0.6) is 0 Å². The lowest BCUT2D eigenvalue weighted by molar-refractivity contribution is -0.142. The molecule has 0 bridgehead atoms. The smallest absolute Gasteiger partial charge is 0.326 e. The normalized spacial score (nSPS) is 17.8. The molecule has 66 heavy (non-hydrogen) atoms. The molecule has 3 atom stereocenters. The van der Waals surface area contributed by atoms with Gasteiger partial charge in [-0.15, -0.1) is 0 Å². The lowest BCUT2D eigenvalue weighted by Gasteiger charge is -2.37. The first-order valence-electron chi connectivity index (χ1n) is 21.8. The van der Waals surface area contributed by atoms with Crippen molar-refractivity contribution in [3.8, 4) is 0 Å². The van der Waals surface area contributed by atoms with E-state index in [9.17, 15) is 63.6 Å². The van der Waals surface area contributed by atoms with E-state index in [1.165, 1.54) is 0 Å². The standard InChI is InChI=1S/C45H60N8O13/c1-2-49-18-19-50(28-40(57)58)20-21-51(29-41(59)60)27-34(52(23-22-49)30-42(61)62)24-32-11-13-33(14-12-32)43(63)48-36(25-31-8-4-3-5-9-31)44(64)46-26-37(54)47-35(45(65)66)10-6-7-17-53-38(55)15-16-39(53)56/h3-5,8-9,11-16,34-36H,2,6-7,10,17-30H2,1H3,(H,46,64)(H,47,54)(H,48,63)(H,57,58)(H,59,60)(H,61,62)(H,65,66). The van der Waals surface area contributed by atoms with Crippen LogP contribution in [0.1, 0.15) is 47.7 Å². The van der Waals surface area contributed by atoms with Gasteiger partial charge in [-0.2, -0.15) is 0 Å². The molecule has 2 aliphatic heterocycles. The first kappa shape index (κ1) is 52.1. The van der Waals surface area contributed by atoms with Gasteiger partial charge in [0.05, 0.1) is 26.2 Å². The predicted octanol–water partition coefficient (Wildman–Crippen LogP) is -0.785. The molecule has 4 rings (SSSR count). The number of carbonyl (C=O) groups excluding carboxylic acids is 5. The zero-order chi connectivity index (χ0) is 48.2. The third-order valence-electron chi connectivity index (χ3n) is 11.3. The third kappa shape index (κ3) is 17.8. The van der Waals surface area contributed by atoms with Crippen molar-refractivity contribution in [3.63, 3.8) is 0 Å². The van der Waals surface area contributed by atoms with Gasteiger partial charge in [0, 0.05) is 82.5 Å². The number of nitrogens with zero attached hydrogens (tertiary/aromatic N) is 5. The molecule has 0 aliphatic carbocycles. The van der Waals surface area contributed by atoms with Gasteiger partial charge in [-0.05, 0) is 55.5 Å². The zero-order valence-electron chi connectivity index (χ0n) is 37.0. The van der Waals surface area contributed by atoms with E-state index in [-0.39, 0.29) is 77.1 Å². The Balaban J connectivity index is 1.44. The Hall–Kier alpha value is -6.55. The molecule has 3 unspecified atom stereocenters. The first-order chi connectivity index (χ1) is 31.5. The Morgan fingerprint density at radius 1 is 0.667 bits per heavy atom. The van der Waals surface area contributed by atoms with Gasteiger partial charge >= 0.3 is 23.9 Å². The van der Waals surface area contributed by atoms with E-state index in [0.717, 1.165) is 17.1 Å². The van der Waals surface area contributed by atoms with Gasteiger partial charge in [-0.25, -0.2) is 4.79 Å². The van der Waals surface area contributed by atoms with E-state index in [4.69, 9.17) is 0 Å². The number of carboxylic acid groups (broad SMARTS) is 4. The quantitative estimate of drug-likeness (QED) is 0.0531. The van der Waals surface area contributed by atoms with Crippen LogP contribution in [0.4, 0.5) is 0 Å². The maximum Gasteiger partial charge on any atom is 0.326 e. The second-order valence-corrected chi connectivity index (χ2v) is 16.2. The molecule has 358 valence electrons. The number of hydrogen-bond acceptors (Lipinski definition) is 13. The summed E-state index contributed by atoms with van der Waals surface area (Å²) in [6.45, 7) is 3.68. The maximum atomic E-state index is 13.7. The van der Waals surface area contributed by atoms with Gasteiger partial charge in [-0.3, -0.25) is 58.0 Å². The Kier molecular flexibility index (Phi) is 20.8. The van der Waals surface area contributed by atoms with Gasteiger partial charge in [-0.1, -0.05) is 49.4 Å². The van der Waals surface area contributed by atoms with Crippen LogP contribution in [-0.4, -0.2) is 202 Å². The fourth-order valence-electron chi connectivity index (χ4n) is 7.75. The summed E-state index contributed by atoms with van der Waals surface area (Å²) in [6, 6.07) is 12.3. The Morgan fingerprint density at radius 3 is 1.86 bits per heavy atom. The average molecular weight is 921 g/mol. The Morgan fingerprint density at radius 2 is 1.26 bits per heavy atom. The van der Waals surface area contributed by atoms with E-state index in [1.54, 1.807) is 69.3 Å². The summed E-state index contributed by atoms with van der Waals surface area (Å²) in [5.74, 6) is -7.47. The molecule has 1 fully saturated rings. The van der Waals surface area contributed by atoms with Crippen LogP contribution in [0.3, 0.4) is 0 Å². The van der Waals surface area contributed by atoms with Gasteiger partial charge in [0.2, 0.25) is 11.8 Å². The number of aliphatic carboxylic acids is 4. The van der Waals surface area contributed by atoms with Crippen molar-refractivity contribution in [1.82, 2.24) is 40.4 Å². The minimum Gasteiger partial charge on any atom is -0.480 e. The molecule has 1 saturated heterocycles. The largest absolute Gasteiger partial charge is 0.480 e. The minimum absolute atomic E-state index is 0.00129. The fraction of sp³-hybridized carbons (Fsp3) is 0.489. The van der Waals surface area contributed by atoms with Crippen molar-refractivity contribution in [3.05, 3.63) is 83.4 Å². The number of nitrogens with one attached hydrogen (secondary N) is 3. The van der Waals surface area contributed by atoms with Crippen LogP contribution in [0.15, 0.2) is 66.7 Å². The molecule has 21 nitrogen and oxygen atoms in total. The van der Waals surface area contributed by atoms with Crippen molar-refractivity contribution < 1.29 is 63.6 Å². The number of likely N-dealkylation sites (N-methyl/N-ethyl adjacent to an activating group) is 1. The number of carboxylic acids is 4. The van der Waals surface area contributed by atoms with Crippen LogP contribution in [-0.2, 0) is 51.2 Å². The van der Waals surface area contributed by atoms with Crippen molar-refractivity contribution in [2.45, 2.75) is 57.2 Å². The van der Waals surface area contributed by atoms with Gasteiger partial charge in [0.25, 0.3) is 17.7 Å². The van der Waals surface area contributed by atoms with E-state index >= 15 is 0 Å². The second-order valence-electron chi connectivity index (χ2n) is 16.2. The number of imide groups is 1. The van der Waals surface area contributed by atoms with Crippen LogP contribution in [0.2, 0.25) is 0 Å². The van der Waals surface area contributed by atoms with E-state index in [2.05, 4.69) is 20.9 Å². The summed E-state index contributed by atoms with van der Waals surface area (Å²) in [4.78, 5) is 120. The Labute approximate surface area is 382 Å². The van der Waals surface area contributed by atoms with Crippen molar-refractivity contribution in [2.24, 2.45) is 0 Å². The molecule has 0 aromatic heterocycles. The number of carbonyl (C=O) groups is 9. The molecular formula is C45H60N8O13. The monoisotopic (exact) mass is 920 g/mol. The number of rotatable bonds is 23. The average Bonchev–Trinajstić information content (AvgIpc) is 3.59. The highest BCUT2D eigenvalue weighted by Crippen LogP contribution is 2.16. The molecule has 2 aliphatic rings. The number of amides is 5. The summed E-state index contributed by atoms with van der Waals surface area (Å²) in [5.41, 5.74) is 1.60. The van der Waals surface area contributed by atoms with Gasteiger partial charge < -0.3 is 41.3 Å².